The fourth-order valence-corrected chi connectivity index (χ4v) is 4.18. The van der Waals surface area contributed by atoms with Crippen LogP contribution in [0.1, 0.15) is 51.4 Å². The number of rotatable bonds is 2. The highest BCUT2D eigenvalue weighted by Gasteiger charge is 2.29. The number of likely N-dealkylation sites (tertiary alicyclic amines) is 1. The second-order valence-corrected chi connectivity index (χ2v) is 7.17. The van der Waals surface area contributed by atoms with Gasteiger partial charge in [-0.15, -0.1) is 0 Å². The maximum atomic E-state index is 9.10. The van der Waals surface area contributed by atoms with Crippen LogP contribution < -0.4 is 0 Å². The number of nitrogens with zero attached hydrogens (tertiary/aromatic N) is 2. The smallest absolute Gasteiger partial charge is 0.414 e. The van der Waals surface area contributed by atoms with Crippen LogP contribution in [0.3, 0.4) is 0 Å². The molecule has 7 heteroatoms. The van der Waals surface area contributed by atoms with Crippen molar-refractivity contribution in [3.8, 4) is 0 Å². The van der Waals surface area contributed by atoms with E-state index in [4.69, 9.17) is 24.5 Å². The second kappa shape index (κ2) is 10.7. The zero-order chi connectivity index (χ0) is 18.1. The highest BCUT2D eigenvalue weighted by Crippen LogP contribution is 2.26. The molecule has 0 atom stereocenters. The van der Waals surface area contributed by atoms with E-state index < -0.39 is 11.9 Å². The molecule has 0 spiro atoms. The topological polar surface area (TPSA) is 90.3 Å². The summed E-state index contributed by atoms with van der Waals surface area (Å²) in [7, 11) is 0. The molecule has 1 aliphatic carbocycles. The number of carboxylic acids is 2. The number of ether oxygens (including phenoxy) is 1. The Hall–Kier alpha value is -1.18. The number of hydrogen-bond acceptors (Lipinski definition) is 5. The van der Waals surface area contributed by atoms with Crippen molar-refractivity contribution in [1.29, 1.82) is 0 Å². The van der Waals surface area contributed by atoms with Crippen molar-refractivity contribution < 1.29 is 24.5 Å². The lowest BCUT2D eigenvalue weighted by molar-refractivity contribution is -0.159. The Balaban J connectivity index is 0.000000326. The predicted octanol–water partition coefficient (Wildman–Crippen LogP) is 1.66. The Morgan fingerprint density at radius 1 is 0.680 bits per heavy atom. The first kappa shape index (κ1) is 20.1. The van der Waals surface area contributed by atoms with Crippen LogP contribution in [0.4, 0.5) is 0 Å². The molecule has 3 rings (SSSR count). The van der Waals surface area contributed by atoms with Crippen molar-refractivity contribution in [3.63, 3.8) is 0 Å². The van der Waals surface area contributed by atoms with Crippen molar-refractivity contribution in [2.75, 3.05) is 39.4 Å². The summed E-state index contributed by atoms with van der Waals surface area (Å²) in [5, 5.41) is 14.8. The number of aliphatic carboxylic acids is 2. The highest BCUT2D eigenvalue weighted by molar-refractivity contribution is 6.27. The number of morpholine rings is 1. The van der Waals surface area contributed by atoms with Crippen molar-refractivity contribution in [2.45, 2.75) is 63.5 Å². The summed E-state index contributed by atoms with van der Waals surface area (Å²) < 4.78 is 5.47. The molecule has 0 bridgehead atoms. The van der Waals surface area contributed by atoms with E-state index in [1.54, 1.807) is 0 Å². The summed E-state index contributed by atoms with van der Waals surface area (Å²) in [5.74, 6) is -3.65. The molecular weight excluding hydrogens is 324 g/mol. The van der Waals surface area contributed by atoms with Gasteiger partial charge in [0, 0.05) is 25.2 Å². The SMILES string of the molecule is C1CCCC(N2CCC(N3CCOCC3)CC2)CC1.O=C(O)C(=O)O. The van der Waals surface area contributed by atoms with Crippen LogP contribution in [0.25, 0.3) is 0 Å². The largest absolute Gasteiger partial charge is 0.473 e. The summed E-state index contributed by atoms with van der Waals surface area (Å²) >= 11 is 0. The van der Waals surface area contributed by atoms with E-state index in [9.17, 15) is 0 Å². The van der Waals surface area contributed by atoms with Gasteiger partial charge in [0.1, 0.15) is 0 Å². The fraction of sp³-hybridized carbons (Fsp3) is 0.889. The molecule has 0 amide bonds. The molecule has 3 aliphatic rings. The third-order valence-electron chi connectivity index (χ3n) is 5.59. The van der Waals surface area contributed by atoms with E-state index >= 15 is 0 Å². The Morgan fingerprint density at radius 3 is 1.60 bits per heavy atom. The van der Waals surface area contributed by atoms with Crippen molar-refractivity contribution in [1.82, 2.24) is 9.80 Å². The van der Waals surface area contributed by atoms with Crippen molar-refractivity contribution in [3.05, 3.63) is 0 Å². The molecule has 25 heavy (non-hydrogen) atoms. The zero-order valence-electron chi connectivity index (χ0n) is 15.1. The minimum Gasteiger partial charge on any atom is -0.473 e. The minimum absolute atomic E-state index is 0.839. The molecule has 2 aliphatic heterocycles. The Labute approximate surface area is 149 Å². The van der Waals surface area contributed by atoms with Gasteiger partial charge in [-0.3, -0.25) is 4.90 Å². The van der Waals surface area contributed by atoms with Crippen LogP contribution in [0.5, 0.6) is 0 Å². The minimum atomic E-state index is -1.82. The van der Waals surface area contributed by atoms with E-state index in [2.05, 4.69) is 9.80 Å². The third-order valence-corrected chi connectivity index (χ3v) is 5.59. The normalized spacial score (nSPS) is 24.8. The summed E-state index contributed by atoms with van der Waals surface area (Å²) in [4.78, 5) is 23.7. The molecule has 2 N–H and O–H groups in total. The molecule has 144 valence electrons. The van der Waals surface area contributed by atoms with Crippen LogP contribution in [0.15, 0.2) is 0 Å². The summed E-state index contributed by atoms with van der Waals surface area (Å²) in [6.45, 7) is 6.90. The Bertz CT molecular complexity index is 398. The van der Waals surface area contributed by atoms with Gasteiger partial charge in [0.2, 0.25) is 0 Å². The quantitative estimate of drug-likeness (QED) is 0.574. The van der Waals surface area contributed by atoms with E-state index in [0.29, 0.717) is 0 Å². The highest BCUT2D eigenvalue weighted by atomic mass is 16.5. The molecule has 0 aromatic carbocycles. The predicted molar refractivity (Wildman–Crippen MR) is 93.7 cm³/mol. The fourth-order valence-electron chi connectivity index (χ4n) is 4.18. The molecule has 0 aromatic heterocycles. The molecule has 1 saturated carbocycles. The van der Waals surface area contributed by atoms with Gasteiger partial charge in [-0.2, -0.15) is 0 Å². The Morgan fingerprint density at radius 2 is 1.12 bits per heavy atom. The average molecular weight is 356 g/mol. The molecular formula is C18H32N2O5. The zero-order valence-corrected chi connectivity index (χ0v) is 15.1. The standard InChI is InChI=1S/C16H30N2O.C2H2O4/c1-2-4-6-15(5-3-1)17-9-7-16(8-10-17)18-11-13-19-14-12-18;3-1(4)2(5)6/h15-16H,1-14H2;(H,3,4)(H,5,6). The lowest BCUT2D eigenvalue weighted by Crippen LogP contribution is -2.50. The maximum absolute atomic E-state index is 9.10. The van der Waals surface area contributed by atoms with E-state index in [1.807, 2.05) is 0 Å². The molecule has 7 nitrogen and oxygen atoms in total. The Kier molecular flexibility index (Phi) is 8.64. The average Bonchev–Trinajstić information content (AvgIpc) is 2.92. The van der Waals surface area contributed by atoms with Gasteiger partial charge in [-0.1, -0.05) is 25.7 Å². The first-order chi connectivity index (χ1) is 12.1. The first-order valence-corrected chi connectivity index (χ1v) is 9.60. The lowest BCUT2D eigenvalue weighted by atomic mass is 9.98. The van der Waals surface area contributed by atoms with Gasteiger partial charge >= 0.3 is 11.9 Å². The van der Waals surface area contributed by atoms with Gasteiger partial charge < -0.3 is 19.8 Å². The number of carboxylic acid groups (broad SMARTS) is 2. The molecule has 2 heterocycles. The summed E-state index contributed by atoms with van der Waals surface area (Å²) in [6, 6.07) is 1.75. The molecule has 2 saturated heterocycles. The molecule has 0 aromatic rings. The number of carbonyl (C=O) groups is 2. The van der Waals surface area contributed by atoms with E-state index in [-0.39, 0.29) is 0 Å². The summed E-state index contributed by atoms with van der Waals surface area (Å²) in [5.41, 5.74) is 0. The van der Waals surface area contributed by atoms with Crippen molar-refractivity contribution in [2.24, 2.45) is 0 Å². The van der Waals surface area contributed by atoms with Gasteiger partial charge in [0.05, 0.1) is 13.2 Å². The lowest BCUT2D eigenvalue weighted by Gasteiger charge is -2.42. The molecule has 0 unspecified atom stereocenters. The van der Waals surface area contributed by atoms with E-state index in [0.717, 1.165) is 38.4 Å². The van der Waals surface area contributed by atoms with Crippen LogP contribution in [0.2, 0.25) is 0 Å². The summed E-state index contributed by atoms with van der Waals surface area (Å²) in [6.07, 6.45) is 11.6. The van der Waals surface area contributed by atoms with Crippen LogP contribution in [-0.2, 0) is 14.3 Å². The van der Waals surface area contributed by atoms with Gasteiger partial charge in [0.15, 0.2) is 0 Å². The van der Waals surface area contributed by atoms with E-state index in [1.165, 1.54) is 64.5 Å². The van der Waals surface area contributed by atoms with Crippen molar-refractivity contribution >= 4 is 11.9 Å². The van der Waals surface area contributed by atoms with Gasteiger partial charge in [-0.05, 0) is 38.8 Å². The maximum Gasteiger partial charge on any atom is 0.414 e. The number of piperidine rings is 1. The second-order valence-electron chi connectivity index (χ2n) is 7.17. The number of hydrogen-bond donors (Lipinski definition) is 2. The molecule has 3 fully saturated rings. The van der Waals surface area contributed by atoms with Crippen LogP contribution in [0, 0.1) is 0 Å². The third kappa shape index (κ3) is 6.92. The van der Waals surface area contributed by atoms with Gasteiger partial charge in [0.25, 0.3) is 0 Å². The van der Waals surface area contributed by atoms with Gasteiger partial charge in [-0.25, -0.2) is 9.59 Å². The molecule has 0 radical (unpaired) electrons. The van der Waals surface area contributed by atoms with Crippen LogP contribution >= 0.6 is 0 Å². The monoisotopic (exact) mass is 356 g/mol. The first-order valence-electron chi connectivity index (χ1n) is 9.60. The van der Waals surface area contributed by atoms with Crippen LogP contribution in [-0.4, -0.2) is 83.4 Å².